The van der Waals surface area contributed by atoms with Crippen molar-refractivity contribution in [2.24, 2.45) is 0 Å². The first-order valence-corrected chi connectivity index (χ1v) is 12.3. The first-order chi connectivity index (χ1) is 18.6. The van der Waals surface area contributed by atoms with Gasteiger partial charge in [0.05, 0.1) is 26.5 Å². The topological polar surface area (TPSA) is 108 Å². The molecule has 0 aliphatic carbocycles. The molecule has 0 bridgehead atoms. The summed E-state index contributed by atoms with van der Waals surface area (Å²) in [4.78, 5) is 25.7. The Kier molecular flexibility index (Phi) is 7.34. The second-order valence-electron chi connectivity index (χ2n) is 8.56. The Morgan fingerprint density at radius 1 is 0.974 bits per heavy atom. The van der Waals surface area contributed by atoms with E-state index in [1.54, 1.807) is 31.1 Å². The number of methoxy groups -OCH3 is 2. The molecule has 0 atom stereocenters. The summed E-state index contributed by atoms with van der Waals surface area (Å²) in [5.74, 6) is 2.72. The number of aromatic nitrogens is 5. The lowest BCUT2D eigenvalue weighted by molar-refractivity contribution is -0.126. The number of rotatable bonds is 8. The molecule has 196 valence electrons. The summed E-state index contributed by atoms with van der Waals surface area (Å²) >= 11 is 0. The zero-order chi connectivity index (χ0) is 26.5. The van der Waals surface area contributed by atoms with Crippen LogP contribution in [0.25, 0.3) is 22.9 Å². The molecule has 1 fully saturated rings. The normalized spacial score (nSPS) is 13.8. The van der Waals surface area contributed by atoms with Crippen LogP contribution < -0.4 is 19.1 Å². The fourth-order valence-electron chi connectivity index (χ4n) is 4.36. The van der Waals surface area contributed by atoms with Crippen molar-refractivity contribution < 1.29 is 19.0 Å². The fraction of sp³-hybridized carbons (Fsp3) is 0.296. The molecule has 2 aromatic heterocycles. The first-order valence-electron chi connectivity index (χ1n) is 12.3. The lowest BCUT2D eigenvalue weighted by atomic mass is 10.2. The molecule has 38 heavy (non-hydrogen) atoms. The van der Waals surface area contributed by atoms with Crippen molar-refractivity contribution in [3.63, 3.8) is 0 Å². The van der Waals surface area contributed by atoms with Crippen molar-refractivity contribution in [3.05, 3.63) is 60.4 Å². The van der Waals surface area contributed by atoms with E-state index in [-0.39, 0.29) is 5.91 Å². The number of anilines is 1. The summed E-state index contributed by atoms with van der Waals surface area (Å²) in [6, 6.07) is 13.2. The highest BCUT2D eigenvalue weighted by atomic mass is 16.5. The molecule has 1 amide bonds. The Hall–Kier alpha value is -4.67. The van der Waals surface area contributed by atoms with Crippen LogP contribution in [0.15, 0.2) is 54.9 Å². The standard InChI is InChI=1S/C27H29N7O4/c1-4-38-21-9-7-20(8-10-21)34-27-25(30-31-34)26(28-18-29-27)33-15-13-32(14-16-33)24(35)12-6-19-5-11-22(36-2)23(17-19)37-3/h5-12,17-18H,4,13-16H2,1-3H3/b12-6-. The first kappa shape index (κ1) is 25.0. The van der Waals surface area contributed by atoms with Crippen molar-refractivity contribution in [1.29, 1.82) is 0 Å². The van der Waals surface area contributed by atoms with Gasteiger partial charge in [0.1, 0.15) is 12.1 Å². The van der Waals surface area contributed by atoms with Gasteiger partial charge >= 0.3 is 0 Å². The number of carbonyl (C=O) groups is 1. The summed E-state index contributed by atoms with van der Waals surface area (Å²) in [6.07, 6.45) is 4.89. The van der Waals surface area contributed by atoms with Gasteiger partial charge in [-0.15, -0.1) is 5.10 Å². The molecule has 0 unspecified atom stereocenters. The van der Waals surface area contributed by atoms with Crippen molar-refractivity contribution >= 4 is 29.0 Å². The molecule has 4 aromatic rings. The molecule has 11 nitrogen and oxygen atoms in total. The van der Waals surface area contributed by atoms with Crippen LogP contribution in [0.3, 0.4) is 0 Å². The van der Waals surface area contributed by atoms with E-state index in [1.807, 2.05) is 54.3 Å². The van der Waals surface area contributed by atoms with Gasteiger partial charge in [-0.1, -0.05) is 11.3 Å². The third kappa shape index (κ3) is 5.08. The molecule has 1 aliphatic rings. The molecule has 0 radical (unpaired) electrons. The number of fused-ring (bicyclic) bond motifs is 1. The highest BCUT2D eigenvalue weighted by Crippen LogP contribution is 2.28. The number of hydrogen-bond acceptors (Lipinski definition) is 9. The Balaban J connectivity index is 1.26. The molecule has 0 saturated carbocycles. The Morgan fingerprint density at radius 2 is 1.74 bits per heavy atom. The average Bonchev–Trinajstić information content (AvgIpc) is 3.41. The fourth-order valence-corrected chi connectivity index (χ4v) is 4.36. The second-order valence-corrected chi connectivity index (χ2v) is 8.56. The average molecular weight is 516 g/mol. The van der Waals surface area contributed by atoms with Gasteiger partial charge in [-0.3, -0.25) is 4.79 Å². The maximum atomic E-state index is 12.8. The molecule has 0 N–H and O–H groups in total. The summed E-state index contributed by atoms with van der Waals surface area (Å²) in [6.45, 7) is 4.93. The minimum atomic E-state index is -0.0475. The quantitative estimate of drug-likeness (QED) is 0.327. The molecule has 11 heteroatoms. The number of carbonyl (C=O) groups excluding carboxylic acids is 1. The van der Waals surface area contributed by atoms with Crippen LogP contribution in [-0.4, -0.2) is 82.8 Å². The van der Waals surface area contributed by atoms with E-state index in [1.165, 1.54) is 6.33 Å². The maximum absolute atomic E-state index is 12.8. The molecule has 2 aromatic carbocycles. The zero-order valence-electron chi connectivity index (χ0n) is 21.6. The van der Waals surface area contributed by atoms with E-state index in [0.29, 0.717) is 61.3 Å². The van der Waals surface area contributed by atoms with Crippen LogP contribution >= 0.6 is 0 Å². The van der Waals surface area contributed by atoms with Crippen molar-refractivity contribution in [2.75, 3.05) is 51.9 Å². The molecular weight excluding hydrogens is 486 g/mol. The van der Waals surface area contributed by atoms with Crippen LogP contribution in [0, 0.1) is 0 Å². The van der Waals surface area contributed by atoms with Gasteiger partial charge in [0.15, 0.2) is 28.5 Å². The van der Waals surface area contributed by atoms with E-state index in [2.05, 4.69) is 25.2 Å². The highest BCUT2D eigenvalue weighted by Gasteiger charge is 2.24. The SMILES string of the molecule is CCOc1ccc(-n2nnc3c(N4CCN(C(=O)/C=C\c5ccc(OC)c(OC)c5)CC4)ncnc32)cc1. The maximum Gasteiger partial charge on any atom is 0.246 e. The molecular formula is C27H29N7O4. The summed E-state index contributed by atoms with van der Waals surface area (Å²) < 4.78 is 17.8. The monoisotopic (exact) mass is 515 g/mol. The smallest absolute Gasteiger partial charge is 0.246 e. The summed E-state index contributed by atoms with van der Waals surface area (Å²) in [7, 11) is 3.18. The Labute approximate surface area is 220 Å². The van der Waals surface area contributed by atoms with Gasteiger partial charge in [0, 0.05) is 32.3 Å². The number of amides is 1. The van der Waals surface area contributed by atoms with Gasteiger partial charge < -0.3 is 24.0 Å². The van der Waals surface area contributed by atoms with Crippen LogP contribution in [0.2, 0.25) is 0 Å². The number of nitrogens with zero attached hydrogens (tertiary/aromatic N) is 7. The molecule has 1 saturated heterocycles. The minimum absolute atomic E-state index is 0.0475. The third-order valence-electron chi connectivity index (χ3n) is 6.33. The summed E-state index contributed by atoms with van der Waals surface area (Å²) in [5, 5.41) is 8.70. The molecule has 1 aliphatic heterocycles. The second kappa shape index (κ2) is 11.2. The zero-order valence-corrected chi connectivity index (χ0v) is 21.6. The minimum Gasteiger partial charge on any atom is -0.494 e. The van der Waals surface area contributed by atoms with Crippen molar-refractivity contribution in [2.45, 2.75) is 6.92 Å². The summed E-state index contributed by atoms with van der Waals surface area (Å²) in [5.41, 5.74) is 2.93. The van der Waals surface area contributed by atoms with Gasteiger partial charge in [0.25, 0.3) is 0 Å². The predicted molar refractivity (Wildman–Crippen MR) is 143 cm³/mol. The van der Waals surface area contributed by atoms with E-state index < -0.39 is 0 Å². The molecule has 5 rings (SSSR count). The van der Waals surface area contributed by atoms with Crippen LogP contribution in [0.1, 0.15) is 12.5 Å². The van der Waals surface area contributed by atoms with E-state index in [4.69, 9.17) is 14.2 Å². The van der Waals surface area contributed by atoms with Crippen molar-refractivity contribution in [3.8, 4) is 22.9 Å². The Bertz CT molecular complexity index is 1440. The van der Waals surface area contributed by atoms with E-state index >= 15 is 0 Å². The van der Waals surface area contributed by atoms with Gasteiger partial charge in [-0.2, -0.15) is 4.68 Å². The van der Waals surface area contributed by atoms with Crippen molar-refractivity contribution in [1.82, 2.24) is 29.9 Å². The van der Waals surface area contributed by atoms with E-state index in [9.17, 15) is 4.79 Å². The van der Waals surface area contributed by atoms with Crippen LogP contribution in [0.5, 0.6) is 17.2 Å². The van der Waals surface area contributed by atoms with E-state index in [0.717, 1.165) is 17.0 Å². The number of ether oxygens (including phenoxy) is 3. The Morgan fingerprint density at radius 3 is 2.45 bits per heavy atom. The van der Waals surface area contributed by atoms with Crippen LogP contribution in [0.4, 0.5) is 5.82 Å². The number of piperazine rings is 1. The lowest BCUT2D eigenvalue weighted by Gasteiger charge is -2.34. The predicted octanol–water partition coefficient (Wildman–Crippen LogP) is 2.99. The highest BCUT2D eigenvalue weighted by molar-refractivity contribution is 5.92. The molecule has 3 heterocycles. The third-order valence-corrected chi connectivity index (χ3v) is 6.33. The number of benzene rings is 2. The number of hydrogen-bond donors (Lipinski definition) is 0. The van der Waals surface area contributed by atoms with Gasteiger partial charge in [0.2, 0.25) is 5.91 Å². The largest absolute Gasteiger partial charge is 0.494 e. The lowest BCUT2D eigenvalue weighted by Crippen LogP contribution is -2.48. The van der Waals surface area contributed by atoms with Gasteiger partial charge in [-0.25, -0.2) is 9.97 Å². The van der Waals surface area contributed by atoms with Gasteiger partial charge in [-0.05, 0) is 55.0 Å². The van der Waals surface area contributed by atoms with Crippen LogP contribution in [-0.2, 0) is 4.79 Å². The molecule has 0 spiro atoms.